The minimum absolute atomic E-state index is 0.0234. The third kappa shape index (κ3) is 2.79. The van der Waals surface area contributed by atoms with Crippen molar-refractivity contribution in [2.45, 2.75) is 32.2 Å². The molecule has 25 heavy (non-hydrogen) atoms. The zero-order valence-electron chi connectivity index (χ0n) is 15.3. The molecular formula is C22H25N3. The first-order chi connectivity index (χ1) is 12.0. The van der Waals surface area contributed by atoms with Gasteiger partial charge in [0.25, 0.3) is 0 Å². The van der Waals surface area contributed by atoms with Gasteiger partial charge in [-0.1, -0.05) is 25.1 Å². The van der Waals surface area contributed by atoms with Gasteiger partial charge in [-0.05, 0) is 61.4 Å². The number of nitrogens with one attached hydrogen (secondary N) is 1. The van der Waals surface area contributed by atoms with Crippen molar-refractivity contribution in [1.29, 1.82) is 0 Å². The normalized spacial score (nSPS) is 20.6. The molecule has 3 aromatic rings. The van der Waals surface area contributed by atoms with Crippen LogP contribution < -0.4 is 0 Å². The number of likely N-dealkylation sites (N-methyl/N-ethyl adjacent to an activating group) is 1. The monoisotopic (exact) mass is 331 g/mol. The summed E-state index contributed by atoms with van der Waals surface area (Å²) in [6.07, 6.45) is 4.61. The molecule has 128 valence electrons. The van der Waals surface area contributed by atoms with Gasteiger partial charge in [0.15, 0.2) is 0 Å². The predicted molar refractivity (Wildman–Crippen MR) is 105 cm³/mol. The van der Waals surface area contributed by atoms with Crippen molar-refractivity contribution >= 4 is 16.5 Å². The highest BCUT2D eigenvalue weighted by Gasteiger charge is 2.37. The molecule has 4 rings (SSSR count). The molecule has 3 nitrogen and oxygen atoms in total. The van der Waals surface area contributed by atoms with E-state index in [4.69, 9.17) is 0 Å². The second-order valence-electron chi connectivity index (χ2n) is 7.78. The summed E-state index contributed by atoms with van der Waals surface area (Å²) in [5.41, 5.74) is 7.74. The number of benzene rings is 1. The SMILES string of the molecule is C=C(C[C@]1(C)CN(C)Cc2c1[nH]c1ccc(C)cc21)c1ccncc1. The number of aryl methyl sites for hydroxylation is 1. The van der Waals surface area contributed by atoms with Crippen LogP contribution in [0, 0.1) is 6.92 Å². The van der Waals surface area contributed by atoms with E-state index in [-0.39, 0.29) is 5.41 Å². The smallest absolute Gasteiger partial charge is 0.0459 e. The average molecular weight is 331 g/mol. The molecule has 2 aromatic heterocycles. The summed E-state index contributed by atoms with van der Waals surface area (Å²) in [7, 11) is 2.21. The highest BCUT2D eigenvalue weighted by Crippen LogP contribution is 2.42. The second kappa shape index (κ2) is 5.85. The van der Waals surface area contributed by atoms with Crippen LogP contribution in [-0.4, -0.2) is 28.5 Å². The number of aromatic nitrogens is 2. The van der Waals surface area contributed by atoms with E-state index in [0.29, 0.717) is 0 Å². The van der Waals surface area contributed by atoms with Crippen LogP contribution in [0.4, 0.5) is 0 Å². The van der Waals surface area contributed by atoms with E-state index in [2.05, 4.69) is 60.5 Å². The third-order valence-corrected chi connectivity index (χ3v) is 5.40. The maximum absolute atomic E-state index is 4.37. The Balaban J connectivity index is 1.78. The van der Waals surface area contributed by atoms with Gasteiger partial charge >= 0.3 is 0 Å². The molecule has 1 aliphatic rings. The number of aromatic amines is 1. The summed E-state index contributed by atoms with van der Waals surface area (Å²) in [5.74, 6) is 0. The van der Waals surface area contributed by atoms with Crippen LogP contribution in [-0.2, 0) is 12.0 Å². The van der Waals surface area contributed by atoms with E-state index in [1.165, 1.54) is 38.9 Å². The predicted octanol–water partition coefficient (Wildman–Crippen LogP) is 4.68. The number of pyridine rings is 1. The summed E-state index contributed by atoms with van der Waals surface area (Å²) in [6, 6.07) is 10.8. The molecule has 1 aromatic carbocycles. The van der Waals surface area contributed by atoms with E-state index in [1.54, 1.807) is 0 Å². The molecule has 0 fully saturated rings. The fraction of sp³-hybridized carbons (Fsp3) is 0.318. The molecule has 0 amide bonds. The largest absolute Gasteiger partial charge is 0.358 e. The van der Waals surface area contributed by atoms with Gasteiger partial charge in [-0.25, -0.2) is 0 Å². The van der Waals surface area contributed by atoms with E-state index in [0.717, 1.165) is 19.5 Å². The molecule has 0 aliphatic carbocycles. The van der Waals surface area contributed by atoms with E-state index in [1.807, 2.05) is 24.5 Å². The van der Waals surface area contributed by atoms with E-state index in [9.17, 15) is 0 Å². The van der Waals surface area contributed by atoms with Crippen LogP contribution in [0.5, 0.6) is 0 Å². The number of allylic oxidation sites excluding steroid dienone is 1. The van der Waals surface area contributed by atoms with Crippen LogP contribution >= 0.6 is 0 Å². The van der Waals surface area contributed by atoms with Crippen LogP contribution in [0.1, 0.15) is 35.7 Å². The molecule has 0 saturated heterocycles. The molecular weight excluding hydrogens is 306 g/mol. The van der Waals surface area contributed by atoms with Gasteiger partial charge in [-0.3, -0.25) is 4.98 Å². The Labute approximate surface area is 149 Å². The Morgan fingerprint density at radius 3 is 2.80 bits per heavy atom. The lowest BCUT2D eigenvalue weighted by Gasteiger charge is -2.39. The Hall–Kier alpha value is -2.39. The molecule has 3 heteroatoms. The van der Waals surface area contributed by atoms with Crippen molar-refractivity contribution in [3.05, 3.63) is 71.7 Å². The molecule has 1 N–H and O–H groups in total. The minimum Gasteiger partial charge on any atom is -0.358 e. The fourth-order valence-corrected chi connectivity index (χ4v) is 4.35. The number of rotatable bonds is 3. The molecule has 0 saturated carbocycles. The summed E-state index contributed by atoms with van der Waals surface area (Å²) < 4.78 is 0. The minimum atomic E-state index is 0.0234. The Morgan fingerprint density at radius 2 is 2.04 bits per heavy atom. The standard InChI is InChI=1S/C22H25N3/c1-15-5-6-20-18(11-15)19-13-25(4)14-22(3,21(19)24-20)12-16(2)17-7-9-23-10-8-17/h5-11,24H,2,12-14H2,1,3-4H3/t22-/m1/s1. The number of H-pyrrole nitrogens is 1. The molecule has 0 spiro atoms. The van der Waals surface area contributed by atoms with E-state index < -0.39 is 0 Å². The second-order valence-corrected chi connectivity index (χ2v) is 7.78. The number of hydrogen-bond donors (Lipinski definition) is 1. The number of nitrogens with zero attached hydrogens (tertiary/aromatic N) is 2. The highest BCUT2D eigenvalue weighted by atomic mass is 15.1. The average Bonchev–Trinajstić information content (AvgIpc) is 2.94. The first-order valence-corrected chi connectivity index (χ1v) is 8.85. The topological polar surface area (TPSA) is 31.9 Å². The molecule has 0 bridgehead atoms. The molecule has 1 aliphatic heterocycles. The Bertz CT molecular complexity index is 939. The summed E-state index contributed by atoms with van der Waals surface area (Å²) >= 11 is 0. The quantitative estimate of drug-likeness (QED) is 0.756. The highest BCUT2D eigenvalue weighted by molar-refractivity contribution is 5.86. The van der Waals surface area contributed by atoms with E-state index >= 15 is 0 Å². The van der Waals surface area contributed by atoms with Crippen LogP contribution in [0.2, 0.25) is 0 Å². The first kappa shape index (κ1) is 16.1. The zero-order valence-corrected chi connectivity index (χ0v) is 15.3. The lowest BCUT2D eigenvalue weighted by atomic mass is 9.75. The van der Waals surface area contributed by atoms with Gasteiger partial charge < -0.3 is 9.88 Å². The Kier molecular flexibility index (Phi) is 3.77. The van der Waals surface area contributed by atoms with Gasteiger partial charge in [0.05, 0.1) is 0 Å². The summed E-state index contributed by atoms with van der Waals surface area (Å²) in [6.45, 7) is 10.9. The van der Waals surface area contributed by atoms with Gasteiger partial charge in [0.2, 0.25) is 0 Å². The lowest BCUT2D eigenvalue weighted by Crippen LogP contribution is -2.42. The van der Waals surface area contributed by atoms with Gasteiger partial charge in [0, 0.05) is 47.5 Å². The number of hydrogen-bond acceptors (Lipinski definition) is 2. The van der Waals surface area contributed by atoms with Crippen molar-refractivity contribution in [3.8, 4) is 0 Å². The van der Waals surface area contributed by atoms with Crippen molar-refractivity contribution in [3.63, 3.8) is 0 Å². The Morgan fingerprint density at radius 1 is 1.28 bits per heavy atom. The fourth-order valence-electron chi connectivity index (χ4n) is 4.35. The summed E-state index contributed by atoms with van der Waals surface area (Å²) in [5, 5.41) is 1.36. The van der Waals surface area contributed by atoms with Crippen molar-refractivity contribution < 1.29 is 0 Å². The van der Waals surface area contributed by atoms with Gasteiger partial charge in [-0.2, -0.15) is 0 Å². The maximum Gasteiger partial charge on any atom is 0.0459 e. The van der Waals surface area contributed by atoms with Crippen molar-refractivity contribution in [1.82, 2.24) is 14.9 Å². The molecule has 3 heterocycles. The van der Waals surface area contributed by atoms with Crippen molar-refractivity contribution in [2.75, 3.05) is 13.6 Å². The molecule has 0 radical (unpaired) electrons. The van der Waals surface area contributed by atoms with Crippen LogP contribution in [0.15, 0.2) is 49.3 Å². The first-order valence-electron chi connectivity index (χ1n) is 8.85. The zero-order chi connectivity index (χ0) is 17.6. The van der Waals surface area contributed by atoms with Crippen molar-refractivity contribution in [2.24, 2.45) is 0 Å². The third-order valence-electron chi connectivity index (χ3n) is 5.40. The number of fused-ring (bicyclic) bond motifs is 3. The van der Waals surface area contributed by atoms with Gasteiger partial charge in [-0.15, -0.1) is 0 Å². The summed E-state index contributed by atoms with van der Waals surface area (Å²) in [4.78, 5) is 10.3. The lowest BCUT2D eigenvalue weighted by molar-refractivity contribution is 0.223. The molecule has 0 unspecified atom stereocenters. The molecule has 1 atom stereocenters. The van der Waals surface area contributed by atoms with Crippen LogP contribution in [0.3, 0.4) is 0 Å². The van der Waals surface area contributed by atoms with Gasteiger partial charge in [0.1, 0.15) is 0 Å². The maximum atomic E-state index is 4.37. The van der Waals surface area contributed by atoms with Crippen LogP contribution in [0.25, 0.3) is 16.5 Å².